The van der Waals surface area contributed by atoms with Crippen LogP contribution in [0.25, 0.3) is 22.0 Å². The van der Waals surface area contributed by atoms with E-state index in [-0.39, 0.29) is 55.2 Å². The van der Waals surface area contributed by atoms with E-state index >= 15 is 0 Å². The van der Waals surface area contributed by atoms with E-state index in [1.807, 2.05) is 24.3 Å². The average molecular weight is 503 g/mol. The molecule has 3 aromatic rings. The molecule has 0 bridgehead atoms. The second-order valence-corrected chi connectivity index (χ2v) is 6.86. The number of fused-ring (bicyclic) bond motifs is 1. The number of H-pyrrole nitrogens is 1. The summed E-state index contributed by atoms with van der Waals surface area (Å²) in [4.78, 5) is 30.9. The van der Waals surface area contributed by atoms with Gasteiger partial charge in [0.15, 0.2) is 5.96 Å². The Morgan fingerprint density at radius 2 is 1.66 bits per heavy atom. The standard InChI is InChI=1S/C21H23N5O3.3ClH/c22-20(23)25-11-3-10-21(24,19(28)29)15-8-6-13(7-9-15)17-12-14-4-1-2-5-16(14)18(27)26-17;;;/h1-2,4-9,12H,3,10-11,24H2,(H,26,27)(H,28,29)(H4,22,23,25);3*1H. The number of nitrogens with zero attached hydrogens (tertiary/aromatic N) is 1. The van der Waals surface area contributed by atoms with Crippen LogP contribution in [0.15, 0.2) is 64.4 Å². The molecule has 0 amide bonds. The molecule has 0 radical (unpaired) electrons. The Balaban J connectivity index is 0.00000320. The smallest absolute Gasteiger partial charge is 0.328 e. The number of hydrogen-bond acceptors (Lipinski definition) is 4. The van der Waals surface area contributed by atoms with E-state index in [4.69, 9.17) is 17.2 Å². The van der Waals surface area contributed by atoms with Gasteiger partial charge in [-0.1, -0.05) is 42.5 Å². The van der Waals surface area contributed by atoms with E-state index in [2.05, 4.69) is 9.98 Å². The number of halogens is 3. The molecule has 11 heteroatoms. The van der Waals surface area contributed by atoms with Crippen molar-refractivity contribution in [3.8, 4) is 11.3 Å². The maximum Gasteiger partial charge on any atom is 0.328 e. The number of nitrogens with two attached hydrogens (primary N) is 3. The molecule has 0 fully saturated rings. The van der Waals surface area contributed by atoms with Crippen LogP contribution < -0.4 is 22.8 Å². The number of benzene rings is 2. The van der Waals surface area contributed by atoms with Gasteiger partial charge in [-0.25, -0.2) is 4.79 Å². The number of nitrogens with one attached hydrogen (secondary N) is 1. The number of carboxylic acids is 1. The topological polar surface area (TPSA) is 161 Å². The molecule has 8 N–H and O–H groups in total. The second-order valence-electron chi connectivity index (χ2n) is 6.86. The molecule has 0 spiro atoms. The fraction of sp³-hybridized carbons (Fsp3) is 0.190. The van der Waals surface area contributed by atoms with Crippen LogP contribution >= 0.6 is 37.2 Å². The van der Waals surface area contributed by atoms with Gasteiger partial charge in [-0.3, -0.25) is 9.79 Å². The first-order valence-corrected chi connectivity index (χ1v) is 9.12. The van der Waals surface area contributed by atoms with Crippen LogP contribution in [0.5, 0.6) is 0 Å². The van der Waals surface area contributed by atoms with Gasteiger partial charge in [0.25, 0.3) is 5.56 Å². The zero-order valence-corrected chi connectivity index (χ0v) is 19.4. The number of rotatable bonds is 7. The summed E-state index contributed by atoms with van der Waals surface area (Å²) in [6, 6.07) is 16.0. The lowest BCUT2D eigenvalue weighted by Gasteiger charge is -2.25. The molecule has 2 aromatic carbocycles. The van der Waals surface area contributed by atoms with Crippen molar-refractivity contribution >= 4 is 59.9 Å². The predicted molar refractivity (Wildman–Crippen MR) is 135 cm³/mol. The number of aromatic amines is 1. The Labute approximate surface area is 203 Å². The Bertz CT molecular complexity index is 1130. The lowest BCUT2D eigenvalue weighted by Crippen LogP contribution is -2.45. The quantitative estimate of drug-likeness (QED) is 0.190. The van der Waals surface area contributed by atoms with Crippen LogP contribution in [0.3, 0.4) is 0 Å². The fourth-order valence-electron chi connectivity index (χ4n) is 3.25. The Morgan fingerprint density at radius 1 is 1.03 bits per heavy atom. The lowest BCUT2D eigenvalue weighted by atomic mass is 9.86. The fourth-order valence-corrected chi connectivity index (χ4v) is 3.25. The molecule has 0 saturated heterocycles. The molecule has 0 saturated carbocycles. The molecule has 1 unspecified atom stereocenters. The van der Waals surface area contributed by atoms with Crippen molar-refractivity contribution in [3.63, 3.8) is 0 Å². The molecule has 1 heterocycles. The summed E-state index contributed by atoms with van der Waals surface area (Å²) in [7, 11) is 0. The third-order valence-electron chi connectivity index (χ3n) is 4.87. The summed E-state index contributed by atoms with van der Waals surface area (Å²) in [5.74, 6) is -1.18. The van der Waals surface area contributed by atoms with Gasteiger partial charge < -0.3 is 27.3 Å². The van der Waals surface area contributed by atoms with Gasteiger partial charge in [-0.15, -0.1) is 37.2 Å². The first-order chi connectivity index (χ1) is 13.8. The highest BCUT2D eigenvalue weighted by Crippen LogP contribution is 2.27. The summed E-state index contributed by atoms with van der Waals surface area (Å²) < 4.78 is 0. The van der Waals surface area contributed by atoms with Crippen LogP contribution in [-0.4, -0.2) is 28.6 Å². The summed E-state index contributed by atoms with van der Waals surface area (Å²) in [6.45, 7) is 0.297. The molecule has 3 rings (SSSR count). The van der Waals surface area contributed by atoms with Crippen LogP contribution in [-0.2, 0) is 10.3 Å². The van der Waals surface area contributed by atoms with Crippen LogP contribution in [0.1, 0.15) is 18.4 Å². The van der Waals surface area contributed by atoms with Gasteiger partial charge in [0.2, 0.25) is 0 Å². The summed E-state index contributed by atoms with van der Waals surface area (Å²) >= 11 is 0. The Hall–Kier alpha value is -2.78. The molecule has 0 aliphatic heterocycles. The minimum absolute atomic E-state index is 0. The number of pyridine rings is 1. The lowest BCUT2D eigenvalue weighted by molar-refractivity contribution is -0.144. The van der Waals surface area contributed by atoms with Crippen molar-refractivity contribution < 1.29 is 9.90 Å². The summed E-state index contributed by atoms with van der Waals surface area (Å²) in [5.41, 5.74) is 16.9. The van der Waals surface area contributed by atoms with Crippen LogP contribution in [0, 0.1) is 0 Å². The van der Waals surface area contributed by atoms with E-state index in [0.29, 0.717) is 29.6 Å². The maximum absolute atomic E-state index is 12.3. The van der Waals surface area contributed by atoms with Crippen molar-refractivity contribution in [3.05, 3.63) is 70.5 Å². The molecule has 1 aromatic heterocycles. The molecule has 8 nitrogen and oxygen atoms in total. The van der Waals surface area contributed by atoms with E-state index in [0.717, 1.165) is 10.9 Å². The van der Waals surface area contributed by atoms with Gasteiger partial charge in [0.1, 0.15) is 5.54 Å². The minimum Gasteiger partial charge on any atom is -0.480 e. The molecular weight excluding hydrogens is 477 g/mol. The number of aliphatic carboxylic acids is 1. The van der Waals surface area contributed by atoms with Gasteiger partial charge in [-0.2, -0.15) is 0 Å². The van der Waals surface area contributed by atoms with E-state index < -0.39 is 11.5 Å². The molecule has 174 valence electrons. The van der Waals surface area contributed by atoms with Crippen LogP contribution in [0.4, 0.5) is 0 Å². The average Bonchev–Trinajstić information content (AvgIpc) is 2.71. The zero-order valence-electron chi connectivity index (χ0n) is 17.0. The number of aromatic nitrogens is 1. The van der Waals surface area contributed by atoms with Crippen molar-refractivity contribution in [2.24, 2.45) is 22.2 Å². The highest BCUT2D eigenvalue weighted by Gasteiger charge is 2.35. The number of aliphatic imine (C=N–C) groups is 1. The number of carboxylic acid groups (broad SMARTS) is 1. The molecule has 0 aliphatic rings. The molecule has 0 aliphatic carbocycles. The third kappa shape index (κ3) is 6.37. The highest BCUT2D eigenvalue weighted by molar-refractivity contribution is 5.86. The third-order valence-corrected chi connectivity index (χ3v) is 4.87. The summed E-state index contributed by atoms with van der Waals surface area (Å²) in [6.07, 6.45) is 0.589. The van der Waals surface area contributed by atoms with Gasteiger partial charge >= 0.3 is 5.97 Å². The van der Waals surface area contributed by atoms with E-state index in [9.17, 15) is 14.7 Å². The highest BCUT2D eigenvalue weighted by atomic mass is 35.5. The number of carbonyl (C=O) groups is 1. The Morgan fingerprint density at radius 3 is 2.25 bits per heavy atom. The maximum atomic E-state index is 12.3. The van der Waals surface area contributed by atoms with Crippen LogP contribution in [0.2, 0.25) is 0 Å². The monoisotopic (exact) mass is 501 g/mol. The number of guanidine groups is 1. The zero-order chi connectivity index (χ0) is 21.0. The largest absolute Gasteiger partial charge is 0.480 e. The van der Waals surface area contributed by atoms with Crippen molar-refractivity contribution in [2.75, 3.05) is 6.54 Å². The molecular formula is C21H26Cl3N5O3. The van der Waals surface area contributed by atoms with Crippen molar-refractivity contribution in [1.82, 2.24) is 4.98 Å². The van der Waals surface area contributed by atoms with Gasteiger partial charge in [0.05, 0.1) is 0 Å². The van der Waals surface area contributed by atoms with Crippen molar-refractivity contribution in [1.29, 1.82) is 0 Å². The van der Waals surface area contributed by atoms with E-state index in [1.54, 1.807) is 30.3 Å². The Kier molecular flexibility index (Phi) is 11.2. The summed E-state index contributed by atoms with van der Waals surface area (Å²) in [5, 5.41) is 11.1. The minimum atomic E-state index is -1.56. The van der Waals surface area contributed by atoms with Crippen molar-refractivity contribution in [2.45, 2.75) is 18.4 Å². The van der Waals surface area contributed by atoms with Gasteiger partial charge in [-0.05, 0) is 41.5 Å². The molecule has 1 atom stereocenters. The van der Waals surface area contributed by atoms with E-state index in [1.165, 1.54) is 0 Å². The molecule has 32 heavy (non-hydrogen) atoms. The normalized spacial score (nSPS) is 11.8. The first-order valence-electron chi connectivity index (χ1n) is 9.12. The van der Waals surface area contributed by atoms with Gasteiger partial charge in [0, 0.05) is 17.6 Å². The predicted octanol–water partition coefficient (Wildman–Crippen LogP) is 2.75. The SMILES string of the molecule is Cl.Cl.Cl.NC(N)=NCCCC(N)(C(=O)O)c1ccc(-c2cc3ccccc3c(=O)[nH]2)cc1. The number of hydrogen-bond donors (Lipinski definition) is 5. The first kappa shape index (κ1) is 29.2. The second kappa shape index (κ2) is 12.3.